The molecule has 0 bridgehead atoms. The third kappa shape index (κ3) is 3.79. The minimum Gasteiger partial charge on any atom is -0.480 e. The monoisotopic (exact) mass is 304 g/mol. The van der Waals surface area contributed by atoms with Crippen molar-refractivity contribution < 1.29 is 14.6 Å². The topological polar surface area (TPSA) is 107 Å². The van der Waals surface area contributed by atoms with E-state index in [1.54, 1.807) is 6.07 Å². The molecule has 1 saturated carbocycles. The lowest BCUT2D eigenvalue weighted by atomic mass is 9.91. The molecule has 7 nitrogen and oxygen atoms in total. The first-order valence-corrected chi connectivity index (χ1v) is 7.25. The van der Waals surface area contributed by atoms with Gasteiger partial charge in [-0.3, -0.25) is 0 Å². The second-order valence-corrected chi connectivity index (χ2v) is 5.46. The summed E-state index contributed by atoms with van der Waals surface area (Å²) in [4.78, 5) is 15.0. The maximum atomic E-state index is 10.6. The van der Waals surface area contributed by atoms with Crippen molar-refractivity contribution in [3.05, 3.63) is 17.2 Å². The van der Waals surface area contributed by atoms with Crippen molar-refractivity contribution in [2.75, 3.05) is 12.4 Å². The Hall–Kier alpha value is -2.49. The molecule has 0 aromatic carbocycles. The Kier molecular flexibility index (Phi) is 5.04. The average Bonchev–Trinajstić information content (AvgIpc) is 2.50. The maximum absolute atomic E-state index is 10.6. The van der Waals surface area contributed by atoms with E-state index < -0.39 is 6.09 Å². The minimum atomic E-state index is -0.967. The van der Waals surface area contributed by atoms with E-state index in [1.165, 1.54) is 7.11 Å². The highest BCUT2D eigenvalue weighted by Crippen LogP contribution is 2.26. The van der Waals surface area contributed by atoms with E-state index in [-0.39, 0.29) is 12.1 Å². The summed E-state index contributed by atoms with van der Waals surface area (Å²) in [7, 11) is 1.49. The second-order valence-electron chi connectivity index (χ2n) is 5.46. The van der Waals surface area contributed by atoms with Crippen LogP contribution in [0.25, 0.3) is 0 Å². The van der Waals surface area contributed by atoms with Gasteiger partial charge >= 0.3 is 6.09 Å². The Morgan fingerprint density at radius 1 is 1.41 bits per heavy atom. The summed E-state index contributed by atoms with van der Waals surface area (Å²) >= 11 is 0. The molecule has 1 aliphatic carbocycles. The van der Waals surface area contributed by atoms with Gasteiger partial charge in [-0.15, -0.1) is 0 Å². The number of ether oxygens (including phenoxy) is 1. The van der Waals surface area contributed by atoms with Crippen LogP contribution in [0.2, 0.25) is 0 Å². The Labute approximate surface area is 129 Å². The number of nitrogens with one attached hydrogen (secondary N) is 2. The number of nitrogens with zero attached hydrogens (tertiary/aromatic N) is 2. The van der Waals surface area contributed by atoms with E-state index in [1.807, 2.05) is 6.92 Å². The van der Waals surface area contributed by atoms with Crippen molar-refractivity contribution in [2.45, 2.75) is 44.7 Å². The van der Waals surface area contributed by atoms with Crippen LogP contribution in [0.5, 0.6) is 5.88 Å². The van der Waals surface area contributed by atoms with Gasteiger partial charge in [-0.25, -0.2) is 4.79 Å². The van der Waals surface area contributed by atoms with E-state index in [4.69, 9.17) is 15.1 Å². The minimum absolute atomic E-state index is 0.0279. The summed E-state index contributed by atoms with van der Waals surface area (Å²) in [6.07, 6.45) is 2.38. The zero-order valence-corrected chi connectivity index (χ0v) is 12.7. The van der Waals surface area contributed by atoms with Gasteiger partial charge in [-0.1, -0.05) is 0 Å². The number of carbonyl (C=O) groups is 1. The van der Waals surface area contributed by atoms with Gasteiger partial charge < -0.3 is 20.5 Å². The van der Waals surface area contributed by atoms with Crippen molar-refractivity contribution in [1.82, 2.24) is 10.3 Å². The van der Waals surface area contributed by atoms with Crippen molar-refractivity contribution in [3.8, 4) is 11.9 Å². The van der Waals surface area contributed by atoms with E-state index in [2.05, 4.69) is 21.7 Å². The number of methoxy groups -OCH3 is 1. The first-order chi connectivity index (χ1) is 10.5. The number of anilines is 1. The lowest BCUT2D eigenvalue weighted by Crippen LogP contribution is -2.39. The predicted molar refractivity (Wildman–Crippen MR) is 81.1 cm³/mol. The van der Waals surface area contributed by atoms with Crippen LogP contribution < -0.4 is 15.4 Å². The fourth-order valence-electron chi connectivity index (χ4n) is 2.73. The van der Waals surface area contributed by atoms with Gasteiger partial charge in [0, 0.05) is 12.1 Å². The van der Waals surface area contributed by atoms with Crippen molar-refractivity contribution >= 4 is 11.9 Å². The van der Waals surface area contributed by atoms with Gasteiger partial charge in [0.15, 0.2) is 0 Å². The molecule has 2 rings (SSSR count). The molecule has 0 aliphatic heterocycles. The number of hydrogen-bond acceptors (Lipinski definition) is 5. The zero-order valence-electron chi connectivity index (χ0n) is 12.7. The van der Waals surface area contributed by atoms with E-state index >= 15 is 0 Å². The number of aromatic nitrogens is 1. The van der Waals surface area contributed by atoms with Crippen LogP contribution in [0.4, 0.5) is 10.6 Å². The molecule has 0 saturated heterocycles. The molecule has 0 atom stereocenters. The molecular weight excluding hydrogens is 284 g/mol. The quantitative estimate of drug-likeness (QED) is 0.787. The van der Waals surface area contributed by atoms with E-state index in [9.17, 15) is 4.79 Å². The number of rotatable bonds is 4. The van der Waals surface area contributed by atoms with Crippen LogP contribution in [-0.4, -0.2) is 35.4 Å². The highest BCUT2D eigenvalue weighted by molar-refractivity contribution is 5.64. The van der Waals surface area contributed by atoms with Crippen LogP contribution in [0, 0.1) is 18.3 Å². The molecule has 0 spiro atoms. The van der Waals surface area contributed by atoms with E-state index in [0.717, 1.165) is 31.2 Å². The van der Waals surface area contributed by atoms with Crippen LogP contribution in [0.15, 0.2) is 6.07 Å². The first-order valence-electron chi connectivity index (χ1n) is 7.25. The Morgan fingerprint density at radius 2 is 2.05 bits per heavy atom. The normalized spacial score (nSPS) is 20.8. The Bertz CT molecular complexity index is 589. The van der Waals surface area contributed by atoms with Crippen molar-refractivity contribution in [1.29, 1.82) is 5.26 Å². The largest absolute Gasteiger partial charge is 0.480 e. The van der Waals surface area contributed by atoms with Crippen molar-refractivity contribution in [3.63, 3.8) is 0 Å². The number of nitriles is 1. The molecule has 1 aromatic heterocycles. The first kappa shape index (κ1) is 15.9. The maximum Gasteiger partial charge on any atom is 0.404 e. The molecule has 0 radical (unpaired) electrons. The number of hydrogen-bond donors (Lipinski definition) is 3. The molecule has 3 N–H and O–H groups in total. The Balaban J connectivity index is 2.00. The summed E-state index contributed by atoms with van der Waals surface area (Å²) in [5.41, 5.74) is 1.31. The lowest BCUT2D eigenvalue weighted by molar-refractivity contribution is 0.185. The van der Waals surface area contributed by atoms with Gasteiger partial charge in [-0.05, 0) is 44.2 Å². The van der Waals surface area contributed by atoms with Crippen molar-refractivity contribution in [2.24, 2.45) is 0 Å². The number of aryl methyl sites for hydroxylation is 1. The standard InChI is InChI=1S/C15H20N4O3/c1-9-7-10(8-16)14(22-2)19-13(9)17-11-3-5-12(6-4-11)18-15(20)21/h7,11-12,18H,3-6H2,1-2H3,(H,17,19)(H,20,21)/t11-,12-. The molecule has 22 heavy (non-hydrogen) atoms. The summed E-state index contributed by atoms with van der Waals surface area (Å²) in [6, 6.07) is 4.09. The van der Waals surface area contributed by atoms with Gasteiger partial charge in [-0.2, -0.15) is 10.2 Å². The fourth-order valence-corrected chi connectivity index (χ4v) is 2.73. The molecule has 1 fully saturated rings. The molecule has 1 heterocycles. The summed E-state index contributed by atoms with van der Waals surface area (Å²) in [6.45, 7) is 1.90. The lowest BCUT2D eigenvalue weighted by Gasteiger charge is -2.29. The number of carboxylic acid groups (broad SMARTS) is 1. The summed E-state index contributed by atoms with van der Waals surface area (Å²) in [5.74, 6) is 1.03. The van der Waals surface area contributed by atoms with E-state index in [0.29, 0.717) is 17.3 Å². The van der Waals surface area contributed by atoms with Crippen LogP contribution >= 0.6 is 0 Å². The smallest absolute Gasteiger partial charge is 0.404 e. The highest BCUT2D eigenvalue weighted by atomic mass is 16.5. The van der Waals surface area contributed by atoms with Crippen LogP contribution in [0.3, 0.4) is 0 Å². The van der Waals surface area contributed by atoms with Gasteiger partial charge in [0.1, 0.15) is 17.5 Å². The van der Waals surface area contributed by atoms with Crippen LogP contribution in [0.1, 0.15) is 36.8 Å². The molecular formula is C15H20N4O3. The SMILES string of the molecule is COc1nc(N[C@H]2CC[C@H](NC(=O)O)CC2)c(C)cc1C#N. The summed E-state index contributed by atoms with van der Waals surface area (Å²) in [5, 5.41) is 23.7. The average molecular weight is 304 g/mol. The molecule has 7 heteroatoms. The van der Waals surface area contributed by atoms with Gasteiger partial charge in [0.2, 0.25) is 5.88 Å². The van der Waals surface area contributed by atoms with Gasteiger partial charge in [0.05, 0.1) is 7.11 Å². The predicted octanol–water partition coefficient (Wildman–Crippen LogP) is 2.26. The van der Waals surface area contributed by atoms with Crippen LogP contribution in [-0.2, 0) is 0 Å². The molecule has 0 unspecified atom stereocenters. The zero-order chi connectivity index (χ0) is 16.1. The van der Waals surface area contributed by atoms with Gasteiger partial charge in [0.25, 0.3) is 0 Å². The highest BCUT2D eigenvalue weighted by Gasteiger charge is 2.23. The summed E-state index contributed by atoms with van der Waals surface area (Å²) < 4.78 is 5.13. The molecule has 1 aromatic rings. The number of pyridine rings is 1. The third-order valence-electron chi connectivity index (χ3n) is 3.89. The molecule has 1 aliphatic rings. The second kappa shape index (κ2) is 6.98. The molecule has 118 valence electrons. The number of amides is 1. The Morgan fingerprint density at radius 3 is 2.59 bits per heavy atom. The third-order valence-corrected chi connectivity index (χ3v) is 3.89. The fraction of sp³-hybridized carbons (Fsp3) is 0.533. The molecule has 1 amide bonds.